The van der Waals surface area contributed by atoms with Crippen molar-refractivity contribution in [2.45, 2.75) is 18.9 Å². The first kappa shape index (κ1) is 20.3. The Morgan fingerprint density at radius 3 is 2.83 bits per heavy atom. The van der Waals surface area contributed by atoms with Crippen LogP contribution in [0.25, 0.3) is 10.9 Å². The molecule has 1 saturated heterocycles. The number of hydrogen-bond acceptors (Lipinski definition) is 8. The first-order chi connectivity index (χ1) is 14.6. The van der Waals surface area contributed by atoms with Crippen LogP contribution in [0.3, 0.4) is 0 Å². The molecule has 30 heavy (non-hydrogen) atoms. The van der Waals surface area contributed by atoms with E-state index in [9.17, 15) is 4.79 Å². The van der Waals surface area contributed by atoms with Crippen LogP contribution in [0.4, 0.5) is 17.3 Å². The number of esters is 1. The van der Waals surface area contributed by atoms with Crippen LogP contribution < -0.4 is 10.6 Å². The highest BCUT2D eigenvalue weighted by Gasteiger charge is 2.21. The zero-order valence-electron chi connectivity index (χ0n) is 16.6. The number of pyridine rings is 1. The molecule has 0 aliphatic carbocycles. The molecule has 0 bridgehead atoms. The second kappa shape index (κ2) is 9.23. The number of halogens is 1. The zero-order valence-corrected chi connectivity index (χ0v) is 17.4. The van der Waals surface area contributed by atoms with E-state index in [0.29, 0.717) is 17.4 Å². The van der Waals surface area contributed by atoms with Crippen LogP contribution in [0, 0.1) is 0 Å². The van der Waals surface area contributed by atoms with E-state index in [1.807, 2.05) is 30.3 Å². The molecule has 1 aromatic carbocycles. The van der Waals surface area contributed by atoms with Gasteiger partial charge in [-0.25, -0.2) is 15.0 Å². The number of carbonyl (C=O) groups is 1. The number of fused-ring (bicyclic) bond motifs is 1. The molecular weight excluding hydrogens is 404 g/mol. The third-order valence-corrected chi connectivity index (χ3v) is 5.36. The number of ether oxygens (including phenoxy) is 1. The summed E-state index contributed by atoms with van der Waals surface area (Å²) in [6, 6.07) is 9.74. The predicted octanol–water partition coefficient (Wildman–Crippen LogP) is 3.47. The van der Waals surface area contributed by atoms with E-state index in [-0.39, 0.29) is 12.0 Å². The van der Waals surface area contributed by atoms with Gasteiger partial charge in [0.25, 0.3) is 0 Å². The maximum atomic E-state index is 11.4. The normalized spacial score (nSPS) is 15.1. The molecule has 0 spiro atoms. The van der Waals surface area contributed by atoms with Crippen LogP contribution in [-0.2, 0) is 9.53 Å². The fraction of sp³-hybridized carbons (Fsp3) is 0.333. The van der Waals surface area contributed by atoms with Crippen LogP contribution in [0.5, 0.6) is 0 Å². The number of nitrogens with zero attached hydrogens (tertiary/aromatic N) is 4. The molecule has 3 heterocycles. The lowest BCUT2D eigenvalue weighted by molar-refractivity contribution is -0.142. The molecular formula is C21H23ClN6O2. The van der Waals surface area contributed by atoms with E-state index in [4.69, 9.17) is 16.3 Å². The zero-order chi connectivity index (χ0) is 20.9. The molecule has 4 rings (SSSR count). The van der Waals surface area contributed by atoms with Crippen LogP contribution in [-0.4, -0.2) is 58.6 Å². The number of piperidine rings is 1. The molecule has 0 amide bonds. The average molecular weight is 427 g/mol. The van der Waals surface area contributed by atoms with Crippen molar-refractivity contribution < 1.29 is 9.53 Å². The van der Waals surface area contributed by atoms with Gasteiger partial charge >= 0.3 is 5.97 Å². The highest BCUT2D eigenvalue weighted by atomic mass is 35.5. The second-order valence-corrected chi connectivity index (χ2v) is 7.65. The minimum atomic E-state index is -0.197. The van der Waals surface area contributed by atoms with Gasteiger partial charge in [0.05, 0.1) is 25.4 Å². The molecule has 0 saturated carbocycles. The number of carbonyl (C=O) groups excluding carboxylic acids is 1. The van der Waals surface area contributed by atoms with Crippen LogP contribution >= 0.6 is 11.6 Å². The van der Waals surface area contributed by atoms with Gasteiger partial charge in [0.1, 0.15) is 18.0 Å². The lowest BCUT2D eigenvalue weighted by atomic mass is 10.1. The van der Waals surface area contributed by atoms with Crippen molar-refractivity contribution in [1.29, 1.82) is 0 Å². The summed E-state index contributed by atoms with van der Waals surface area (Å²) < 4.78 is 4.75. The average Bonchev–Trinajstić information content (AvgIpc) is 2.75. The molecule has 8 nitrogen and oxygen atoms in total. The van der Waals surface area contributed by atoms with E-state index < -0.39 is 0 Å². The molecule has 1 aliphatic heterocycles. The van der Waals surface area contributed by atoms with Crippen molar-refractivity contribution in [2.75, 3.05) is 37.4 Å². The van der Waals surface area contributed by atoms with Crippen LogP contribution in [0.2, 0.25) is 5.02 Å². The summed E-state index contributed by atoms with van der Waals surface area (Å²) >= 11 is 6.09. The van der Waals surface area contributed by atoms with Gasteiger partial charge in [-0.1, -0.05) is 17.7 Å². The number of likely N-dealkylation sites (tertiary alicyclic amines) is 1. The van der Waals surface area contributed by atoms with Crippen molar-refractivity contribution >= 4 is 45.8 Å². The highest BCUT2D eigenvalue weighted by Crippen LogP contribution is 2.26. The van der Waals surface area contributed by atoms with Gasteiger partial charge in [-0.3, -0.25) is 9.69 Å². The summed E-state index contributed by atoms with van der Waals surface area (Å²) in [6.07, 6.45) is 5.11. The molecule has 0 unspecified atom stereocenters. The number of rotatable bonds is 6. The van der Waals surface area contributed by atoms with Crippen molar-refractivity contribution in [3.8, 4) is 0 Å². The molecule has 2 N–H and O–H groups in total. The van der Waals surface area contributed by atoms with Gasteiger partial charge in [0.2, 0.25) is 0 Å². The quantitative estimate of drug-likeness (QED) is 0.579. The van der Waals surface area contributed by atoms with Gasteiger partial charge in [-0.2, -0.15) is 0 Å². The Bertz CT molecular complexity index is 1040. The smallest absolute Gasteiger partial charge is 0.319 e. The Labute approximate surface area is 179 Å². The first-order valence-corrected chi connectivity index (χ1v) is 10.2. The SMILES string of the molecule is COC(=O)CN1CCC(Nc2cc3c(Nc4cccc(Cl)c4)ncnc3cn2)CC1. The fourth-order valence-electron chi connectivity index (χ4n) is 3.53. The van der Waals surface area contributed by atoms with E-state index >= 15 is 0 Å². The lowest BCUT2D eigenvalue weighted by Crippen LogP contribution is -2.41. The number of nitrogens with one attached hydrogen (secondary N) is 2. The van der Waals surface area contributed by atoms with Gasteiger partial charge in [-0.05, 0) is 37.1 Å². The van der Waals surface area contributed by atoms with Gasteiger partial charge in [-0.15, -0.1) is 0 Å². The van der Waals surface area contributed by atoms with E-state index in [2.05, 4.69) is 30.5 Å². The molecule has 0 radical (unpaired) electrons. The molecule has 0 atom stereocenters. The van der Waals surface area contributed by atoms with Gasteiger partial charge in [0.15, 0.2) is 0 Å². The lowest BCUT2D eigenvalue weighted by Gasteiger charge is -2.31. The van der Waals surface area contributed by atoms with Gasteiger partial charge in [0, 0.05) is 35.2 Å². The van der Waals surface area contributed by atoms with Crippen LogP contribution in [0.15, 0.2) is 42.9 Å². The largest absolute Gasteiger partial charge is 0.468 e. The molecule has 9 heteroatoms. The molecule has 1 fully saturated rings. The van der Waals surface area contributed by atoms with Crippen molar-refractivity contribution in [3.05, 3.63) is 47.9 Å². The van der Waals surface area contributed by atoms with Crippen molar-refractivity contribution in [2.24, 2.45) is 0 Å². The van der Waals surface area contributed by atoms with Crippen molar-refractivity contribution in [3.63, 3.8) is 0 Å². The predicted molar refractivity (Wildman–Crippen MR) is 117 cm³/mol. The summed E-state index contributed by atoms with van der Waals surface area (Å²) in [6.45, 7) is 2.02. The number of anilines is 3. The third kappa shape index (κ3) is 4.95. The molecule has 156 valence electrons. The highest BCUT2D eigenvalue weighted by molar-refractivity contribution is 6.30. The van der Waals surface area contributed by atoms with E-state index in [0.717, 1.165) is 48.3 Å². The Balaban J connectivity index is 1.46. The number of methoxy groups -OCH3 is 1. The summed E-state index contributed by atoms with van der Waals surface area (Å²) in [5, 5.41) is 8.34. The van der Waals surface area contributed by atoms with E-state index in [1.54, 1.807) is 6.20 Å². The fourth-order valence-corrected chi connectivity index (χ4v) is 3.72. The van der Waals surface area contributed by atoms with Gasteiger partial charge < -0.3 is 15.4 Å². The maximum Gasteiger partial charge on any atom is 0.319 e. The Morgan fingerprint density at radius 2 is 2.07 bits per heavy atom. The molecule has 1 aliphatic rings. The number of benzene rings is 1. The monoisotopic (exact) mass is 426 g/mol. The Morgan fingerprint density at radius 1 is 1.23 bits per heavy atom. The Kier molecular flexibility index (Phi) is 6.25. The first-order valence-electron chi connectivity index (χ1n) is 9.80. The van der Waals surface area contributed by atoms with E-state index in [1.165, 1.54) is 13.4 Å². The summed E-state index contributed by atoms with van der Waals surface area (Å²) in [5.41, 5.74) is 1.61. The maximum absolute atomic E-state index is 11.4. The standard InChI is InChI=1S/C21H23ClN6O2/c1-30-20(29)12-28-7-5-15(6-8-28)26-19-10-17-18(11-23-19)24-13-25-21(17)27-16-4-2-3-14(22)9-16/h2-4,9-11,13,15H,5-8,12H2,1H3,(H,23,26)(H,24,25,27). The van der Waals surface area contributed by atoms with Crippen LogP contribution in [0.1, 0.15) is 12.8 Å². The number of aromatic nitrogens is 3. The second-order valence-electron chi connectivity index (χ2n) is 7.22. The molecule has 2 aromatic heterocycles. The Hall–Kier alpha value is -2.97. The summed E-state index contributed by atoms with van der Waals surface area (Å²) in [7, 11) is 1.42. The molecule has 3 aromatic rings. The van der Waals surface area contributed by atoms with Crippen molar-refractivity contribution in [1.82, 2.24) is 19.9 Å². The third-order valence-electron chi connectivity index (χ3n) is 5.13. The summed E-state index contributed by atoms with van der Waals surface area (Å²) in [4.78, 5) is 26.8. The number of hydrogen-bond donors (Lipinski definition) is 2. The summed E-state index contributed by atoms with van der Waals surface area (Å²) in [5.74, 6) is 1.27. The topological polar surface area (TPSA) is 92.3 Å². The minimum absolute atomic E-state index is 0.197. The minimum Gasteiger partial charge on any atom is -0.468 e.